The van der Waals surface area contributed by atoms with Gasteiger partial charge in [0.25, 0.3) is 0 Å². The largest absolute Gasteiger partial charge is 0.369 e. The Kier molecular flexibility index (Phi) is 12.3. The van der Waals surface area contributed by atoms with Gasteiger partial charge in [-0.25, -0.2) is 0 Å². The van der Waals surface area contributed by atoms with E-state index in [1.165, 1.54) is 5.56 Å². The van der Waals surface area contributed by atoms with Crippen molar-refractivity contribution in [2.45, 2.75) is 32.4 Å². The number of rotatable bonds is 8. The van der Waals surface area contributed by atoms with Crippen LogP contribution in [0.1, 0.15) is 30.4 Å². The van der Waals surface area contributed by atoms with E-state index in [1.54, 1.807) is 0 Å². The van der Waals surface area contributed by atoms with Crippen LogP contribution in [0.5, 0.6) is 0 Å². The van der Waals surface area contributed by atoms with Crippen molar-refractivity contribution in [2.75, 3.05) is 26.7 Å². The number of primary amides is 1. The molecule has 1 fully saturated rings. The quantitative estimate of drug-likeness (QED) is 0.611. The molecule has 1 unspecified atom stereocenters. The summed E-state index contributed by atoms with van der Waals surface area (Å²) in [5.41, 5.74) is 7.73. The van der Waals surface area contributed by atoms with Gasteiger partial charge in [0.15, 0.2) is 0 Å². The van der Waals surface area contributed by atoms with Crippen LogP contribution in [0, 0.1) is 5.92 Å². The number of amides is 2. The number of benzene rings is 1. The lowest BCUT2D eigenvalue weighted by Crippen LogP contribution is -2.40. The molecular formula is C18H30Cl2N4O2. The maximum atomic E-state index is 11.7. The zero-order valence-corrected chi connectivity index (χ0v) is 16.8. The number of piperidine rings is 1. The predicted molar refractivity (Wildman–Crippen MR) is 109 cm³/mol. The molecule has 0 bridgehead atoms. The SMILES string of the molecule is CNCCC(=O)NCc1cccc(CN2CCCC(C(N)=O)C2)c1.Cl.Cl. The van der Waals surface area contributed by atoms with Crippen molar-refractivity contribution < 1.29 is 9.59 Å². The first-order valence-electron chi connectivity index (χ1n) is 8.59. The van der Waals surface area contributed by atoms with Crippen molar-refractivity contribution in [3.8, 4) is 0 Å². The number of hydrogen-bond acceptors (Lipinski definition) is 4. The van der Waals surface area contributed by atoms with E-state index < -0.39 is 0 Å². The average Bonchev–Trinajstić information content (AvgIpc) is 2.58. The molecule has 0 aliphatic carbocycles. The summed E-state index contributed by atoms with van der Waals surface area (Å²) >= 11 is 0. The maximum absolute atomic E-state index is 11.7. The van der Waals surface area contributed by atoms with Crippen LogP contribution >= 0.6 is 24.8 Å². The molecule has 148 valence electrons. The number of nitrogens with one attached hydrogen (secondary N) is 2. The van der Waals surface area contributed by atoms with E-state index in [-0.39, 0.29) is 42.5 Å². The zero-order chi connectivity index (χ0) is 17.4. The minimum atomic E-state index is -0.197. The summed E-state index contributed by atoms with van der Waals surface area (Å²) in [6.45, 7) is 3.77. The van der Waals surface area contributed by atoms with E-state index >= 15 is 0 Å². The number of nitrogens with two attached hydrogens (primary N) is 1. The lowest BCUT2D eigenvalue weighted by Gasteiger charge is -2.31. The summed E-state index contributed by atoms with van der Waals surface area (Å²) in [6.07, 6.45) is 2.39. The smallest absolute Gasteiger partial charge is 0.221 e. The highest BCUT2D eigenvalue weighted by Gasteiger charge is 2.23. The second kappa shape index (κ2) is 12.9. The van der Waals surface area contributed by atoms with E-state index in [0.29, 0.717) is 19.5 Å². The minimum absolute atomic E-state index is 0. The van der Waals surface area contributed by atoms with Crippen LogP contribution < -0.4 is 16.4 Å². The number of hydrogen-bond donors (Lipinski definition) is 3. The van der Waals surface area contributed by atoms with Crippen molar-refractivity contribution in [3.05, 3.63) is 35.4 Å². The number of carbonyl (C=O) groups excluding carboxylic acids is 2. The van der Waals surface area contributed by atoms with Crippen LogP contribution in [-0.4, -0.2) is 43.4 Å². The van der Waals surface area contributed by atoms with Crippen molar-refractivity contribution >= 4 is 36.6 Å². The second-order valence-electron chi connectivity index (χ2n) is 6.43. The van der Waals surface area contributed by atoms with Crippen molar-refractivity contribution in [1.82, 2.24) is 15.5 Å². The number of nitrogens with zero attached hydrogens (tertiary/aromatic N) is 1. The molecule has 8 heteroatoms. The van der Waals surface area contributed by atoms with Crippen LogP contribution in [0.15, 0.2) is 24.3 Å². The third-order valence-electron chi connectivity index (χ3n) is 4.40. The van der Waals surface area contributed by atoms with Crippen LogP contribution in [0.25, 0.3) is 0 Å². The van der Waals surface area contributed by atoms with E-state index in [2.05, 4.69) is 27.7 Å². The van der Waals surface area contributed by atoms with Gasteiger partial charge in [-0.1, -0.05) is 24.3 Å². The fourth-order valence-corrected chi connectivity index (χ4v) is 3.06. The highest BCUT2D eigenvalue weighted by molar-refractivity contribution is 5.85. The number of likely N-dealkylation sites (tertiary alicyclic amines) is 1. The van der Waals surface area contributed by atoms with E-state index in [4.69, 9.17) is 5.73 Å². The zero-order valence-electron chi connectivity index (χ0n) is 15.2. The number of halogens is 2. The molecule has 2 rings (SSSR count). The van der Waals surface area contributed by atoms with Crippen molar-refractivity contribution in [3.63, 3.8) is 0 Å². The molecule has 1 atom stereocenters. The van der Waals surface area contributed by atoms with E-state index in [9.17, 15) is 9.59 Å². The fraction of sp³-hybridized carbons (Fsp3) is 0.556. The molecule has 1 heterocycles. The standard InChI is InChI=1S/C18H28N4O2.2ClH/c1-20-8-7-17(23)21-11-14-4-2-5-15(10-14)12-22-9-3-6-16(13-22)18(19)24;;/h2,4-5,10,16,20H,3,6-9,11-13H2,1H3,(H2,19,24)(H,21,23);2*1H. The molecule has 2 amide bonds. The molecule has 0 aromatic heterocycles. The van der Waals surface area contributed by atoms with Gasteiger partial charge >= 0.3 is 0 Å². The first kappa shape index (κ1) is 24.7. The van der Waals surface area contributed by atoms with Crippen LogP contribution in [-0.2, 0) is 22.7 Å². The molecule has 0 radical (unpaired) electrons. The highest BCUT2D eigenvalue weighted by Crippen LogP contribution is 2.18. The Balaban J connectivity index is 0.00000312. The summed E-state index contributed by atoms with van der Waals surface area (Å²) in [5, 5.41) is 5.90. The normalized spacial score (nSPS) is 16.9. The molecule has 1 aliphatic heterocycles. The van der Waals surface area contributed by atoms with Gasteiger partial charge in [-0.15, -0.1) is 24.8 Å². The van der Waals surface area contributed by atoms with Gasteiger partial charge in [0.1, 0.15) is 0 Å². The Bertz CT molecular complexity index is 572. The summed E-state index contributed by atoms with van der Waals surface area (Å²) in [5.74, 6) is -0.179. The Morgan fingerprint density at radius 3 is 2.69 bits per heavy atom. The third kappa shape index (κ3) is 8.36. The molecule has 1 aromatic rings. The first-order chi connectivity index (χ1) is 11.6. The summed E-state index contributed by atoms with van der Waals surface area (Å²) in [4.78, 5) is 25.3. The summed E-state index contributed by atoms with van der Waals surface area (Å²) in [7, 11) is 1.83. The molecule has 4 N–H and O–H groups in total. The number of carbonyl (C=O) groups is 2. The maximum Gasteiger partial charge on any atom is 0.221 e. The summed E-state index contributed by atoms with van der Waals surface area (Å²) in [6, 6.07) is 8.23. The summed E-state index contributed by atoms with van der Waals surface area (Å²) < 4.78 is 0. The van der Waals surface area contributed by atoms with Gasteiger partial charge in [-0.3, -0.25) is 14.5 Å². The molecule has 1 saturated heterocycles. The topological polar surface area (TPSA) is 87.5 Å². The van der Waals surface area contributed by atoms with Crippen molar-refractivity contribution in [1.29, 1.82) is 0 Å². The Morgan fingerprint density at radius 2 is 2.00 bits per heavy atom. The molecular weight excluding hydrogens is 375 g/mol. The van der Waals surface area contributed by atoms with Crippen LogP contribution in [0.4, 0.5) is 0 Å². The Labute approximate surface area is 168 Å². The van der Waals surface area contributed by atoms with Crippen molar-refractivity contribution in [2.24, 2.45) is 11.7 Å². The predicted octanol–water partition coefficient (Wildman–Crippen LogP) is 1.45. The first-order valence-corrected chi connectivity index (χ1v) is 8.59. The minimum Gasteiger partial charge on any atom is -0.369 e. The molecule has 26 heavy (non-hydrogen) atoms. The van der Waals surface area contributed by atoms with Crippen LogP contribution in [0.2, 0.25) is 0 Å². The van der Waals surface area contributed by atoms with Gasteiger partial charge < -0.3 is 16.4 Å². The highest BCUT2D eigenvalue weighted by atomic mass is 35.5. The van der Waals surface area contributed by atoms with Gasteiger partial charge in [0.2, 0.25) is 11.8 Å². The van der Waals surface area contributed by atoms with E-state index in [0.717, 1.165) is 38.0 Å². The monoisotopic (exact) mass is 404 g/mol. The molecule has 0 saturated carbocycles. The van der Waals surface area contributed by atoms with Gasteiger partial charge in [-0.2, -0.15) is 0 Å². The van der Waals surface area contributed by atoms with Crippen LogP contribution in [0.3, 0.4) is 0 Å². The molecule has 1 aromatic carbocycles. The Hall–Kier alpha value is -1.34. The lowest BCUT2D eigenvalue weighted by molar-refractivity contribution is -0.123. The fourth-order valence-electron chi connectivity index (χ4n) is 3.06. The Morgan fingerprint density at radius 1 is 1.27 bits per heavy atom. The molecule has 6 nitrogen and oxygen atoms in total. The molecule has 1 aliphatic rings. The van der Waals surface area contributed by atoms with Gasteiger partial charge in [-0.05, 0) is 37.6 Å². The van der Waals surface area contributed by atoms with Gasteiger partial charge in [0.05, 0.1) is 5.92 Å². The lowest BCUT2D eigenvalue weighted by atomic mass is 9.97. The molecule has 0 spiro atoms. The third-order valence-corrected chi connectivity index (χ3v) is 4.40. The van der Waals surface area contributed by atoms with Gasteiger partial charge in [0, 0.05) is 32.6 Å². The van der Waals surface area contributed by atoms with E-state index in [1.807, 2.05) is 19.2 Å². The average molecular weight is 405 g/mol. The second-order valence-corrected chi connectivity index (χ2v) is 6.43.